The first-order chi connectivity index (χ1) is 8.08. The zero-order chi connectivity index (χ0) is 12.4. The fourth-order valence-corrected chi connectivity index (χ4v) is 1.95. The molecule has 0 spiro atoms. The van der Waals surface area contributed by atoms with Gasteiger partial charge in [-0.3, -0.25) is 4.79 Å². The van der Waals surface area contributed by atoms with Gasteiger partial charge in [-0.15, -0.1) is 0 Å². The molecule has 1 fully saturated rings. The van der Waals surface area contributed by atoms with Crippen LogP contribution in [0.3, 0.4) is 0 Å². The number of halogens is 2. The molecule has 3 N–H and O–H groups in total. The molecular formula is C11H12Cl2N2O2. The van der Waals surface area contributed by atoms with Crippen LogP contribution in [-0.2, 0) is 9.53 Å². The van der Waals surface area contributed by atoms with E-state index >= 15 is 0 Å². The normalized spacial score (nSPS) is 23.7. The topological polar surface area (TPSA) is 64.3 Å². The van der Waals surface area contributed by atoms with Crippen LogP contribution in [0.25, 0.3) is 0 Å². The molecule has 1 amide bonds. The lowest BCUT2D eigenvalue weighted by atomic mass is 10.0. The van der Waals surface area contributed by atoms with Crippen molar-refractivity contribution in [2.45, 2.75) is 6.04 Å². The summed E-state index contributed by atoms with van der Waals surface area (Å²) in [4.78, 5) is 11.9. The number of nitrogens with two attached hydrogens (primary N) is 1. The van der Waals surface area contributed by atoms with Crippen molar-refractivity contribution in [1.29, 1.82) is 0 Å². The molecule has 0 bridgehead atoms. The number of ether oxygens (including phenoxy) is 1. The maximum atomic E-state index is 11.9. The lowest BCUT2D eigenvalue weighted by molar-refractivity contribution is -0.120. The lowest BCUT2D eigenvalue weighted by Crippen LogP contribution is -2.37. The van der Waals surface area contributed by atoms with E-state index in [9.17, 15) is 4.79 Å². The van der Waals surface area contributed by atoms with Gasteiger partial charge in [-0.25, -0.2) is 0 Å². The van der Waals surface area contributed by atoms with E-state index < -0.39 is 0 Å². The highest BCUT2D eigenvalue weighted by atomic mass is 35.5. The molecule has 1 aromatic carbocycles. The number of rotatable bonds is 2. The number of carbonyl (C=O) groups excluding carboxylic acids is 1. The van der Waals surface area contributed by atoms with E-state index in [4.69, 9.17) is 33.7 Å². The molecule has 1 saturated heterocycles. The van der Waals surface area contributed by atoms with Gasteiger partial charge in [0.1, 0.15) is 0 Å². The van der Waals surface area contributed by atoms with E-state index in [-0.39, 0.29) is 17.9 Å². The fourth-order valence-electron chi connectivity index (χ4n) is 1.65. The highest BCUT2D eigenvalue weighted by Crippen LogP contribution is 2.25. The van der Waals surface area contributed by atoms with Crippen molar-refractivity contribution in [3.05, 3.63) is 28.2 Å². The Hall–Kier alpha value is -0.810. The van der Waals surface area contributed by atoms with Crippen LogP contribution in [-0.4, -0.2) is 25.2 Å². The Morgan fingerprint density at radius 1 is 1.35 bits per heavy atom. The second kappa shape index (κ2) is 5.23. The molecule has 1 aromatic rings. The van der Waals surface area contributed by atoms with Crippen molar-refractivity contribution < 1.29 is 9.53 Å². The summed E-state index contributed by atoms with van der Waals surface area (Å²) in [5.41, 5.74) is 6.36. The Balaban J connectivity index is 2.05. The first kappa shape index (κ1) is 12.6. The van der Waals surface area contributed by atoms with Gasteiger partial charge in [-0.1, -0.05) is 23.2 Å². The standard InChI is InChI=1S/C11H12Cl2N2O2/c12-8-2-1-6(3-9(8)13)15-11(16)7-4-17-5-10(7)14/h1-3,7,10H,4-5,14H2,(H,15,16). The SMILES string of the molecule is NC1COCC1C(=O)Nc1ccc(Cl)c(Cl)c1. The zero-order valence-corrected chi connectivity index (χ0v) is 10.5. The number of amides is 1. The highest BCUT2D eigenvalue weighted by Gasteiger charge is 2.31. The molecule has 2 unspecified atom stereocenters. The molecule has 92 valence electrons. The number of hydrogen-bond donors (Lipinski definition) is 2. The Morgan fingerprint density at radius 3 is 2.71 bits per heavy atom. The van der Waals surface area contributed by atoms with Gasteiger partial charge in [0.05, 0.1) is 29.2 Å². The monoisotopic (exact) mass is 274 g/mol. The molecule has 1 aliphatic heterocycles. The van der Waals surface area contributed by atoms with Crippen molar-refractivity contribution in [3.63, 3.8) is 0 Å². The molecule has 1 aliphatic rings. The molecule has 0 saturated carbocycles. The van der Waals surface area contributed by atoms with E-state index in [1.807, 2.05) is 0 Å². The third-order valence-corrected chi connectivity index (χ3v) is 3.39. The Labute approximate surface area is 109 Å². The third kappa shape index (κ3) is 2.90. The molecule has 1 heterocycles. The molecule has 2 rings (SSSR count). The van der Waals surface area contributed by atoms with Crippen LogP contribution in [0.4, 0.5) is 5.69 Å². The molecule has 2 atom stereocenters. The third-order valence-electron chi connectivity index (χ3n) is 2.65. The average molecular weight is 275 g/mol. The first-order valence-corrected chi connectivity index (χ1v) is 5.93. The Kier molecular flexibility index (Phi) is 3.89. The van der Waals surface area contributed by atoms with Crippen LogP contribution in [0.5, 0.6) is 0 Å². The Bertz CT molecular complexity index is 439. The van der Waals surface area contributed by atoms with E-state index in [1.165, 1.54) is 0 Å². The van der Waals surface area contributed by atoms with Gasteiger partial charge in [-0.05, 0) is 18.2 Å². The van der Waals surface area contributed by atoms with E-state index in [1.54, 1.807) is 18.2 Å². The fraction of sp³-hybridized carbons (Fsp3) is 0.364. The molecule has 6 heteroatoms. The molecular weight excluding hydrogens is 263 g/mol. The second-order valence-corrected chi connectivity index (χ2v) is 4.74. The van der Waals surface area contributed by atoms with Crippen molar-refractivity contribution in [1.82, 2.24) is 0 Å². The van der Waals surface area contributed by atoms with Crippen LogP contribution in [0.2, 0.25) is 10.0 Å². The van der Waals surface area contributed by atoms with Crippen LogP contribution < -0.4 is 11.1 Å². The summed E-state index contributed by atoms with van der Waals surface area (Å²) in [6.07, 6.45) is 0. The zero-order valence-electron chi connectivity index (χ0n) is 8.95. The van der Waals surface area contributed by atoms with Gasteiger partial charge in [0.25, 0.3) is 0 Å². The predicted octanol–water partition coefficient (Wildman–Crippen LogP) is 1.91. The first-order valence-electron chi connectivity index (χ1n) is 5.17. The summed E-state index contributed by atoms with van der Waals surface area (Å²) >= 11 is 11.6. The number of hydrogen-bond acceptors (Lipinski definition) is 3. The van der Waals surface area contributed by atoms with Gasteiger partial charge < -0.3 is 15.8 Å². The van der Waals surface area contributed by atoms with Crippen LogP contribution in [0, 0.1) is 5.92 Å². The van der Waals surface area contributed by atoms with Crippen molar-refractivity contribution in [2.75, 3.05) is 18.5 Å². The van der Waals surface area contributed by atoms with Gasteiger partial charge >= 0.3 is 0 Å². The van der Waals surface area contributed by atoms with Crippen LogP contribution >= 0.6 is 23.2 Å². The summed E-state index contributed by atoms with van der Waals surface area (Å²) in [7, 11) is 0. The molecule has 0 aromatic heterocycles. The van der Waals surface area contributed by atoms with Gasteiger partial charge in [-0.2, -0.15) is 0 Å². The minimum atomic E-state index is -0.315. The van der Waals surface area contributed by atoms with E-state index in [2.05, 4.69) is 5.32 Å². The van der Waals surface area contributed by atoms with Gasteiger partial charge in [0.15, 0.2) is 0 Å². The highest BCUT2D eigenvalue weighted by molar-refractivity contribution is 6.42. The number of nitrogens with one attached hydrogen (secondary N) is 1. The minimum absolute atomic E-state index is 0.159. The summed E-state index contributed by atoms with van der Waals surface area (Å²) in [5.74, 6) is -0.474. The van der Waals surface area contributed by atoms with Gasteiger partial charge in [0.2, 0.25) is 5.91 Å². The summed E-state index contributed by atoms with van der Waals surface area (Å²) < 4.78 is 5.14. The van der Waals surface area contributed by atoms with E-state index in [0.717, 1.165) is 0 Å². The summed E-state index contributed by atoms with van der Waals surface area (Å²) in [5, 5.41) is 3.59. The average Bonchev–Trinajstić information content (AvgIpc) is 2.70. The molecule has 17 heavy (non-hydrogen) atoms. The number of anilines is 1. The second-order valence-electron chi connectivity index (χ2n) is 3.93. The van der Waals surface area contributed by atoms with Crippen molar-refractivity contribution >= 4 is 34.8 Å². The molecule has 4 nitrogen and oxygen atoms in total. The minimum Gasteiger partial charge on any atom is -0.379 e. The van der Waals surface area contributed by atoms with Gasteiger partial charge in [0, 0.05) is 11.7 Å². The smallest absolute Gasteiger partial charge is 0.231 e. The van der Waals surface area contributed by atoms with Crippen molar-refractivity contribution in [2.24, 2.45) is 11.7 Å². The largest absolute Gasteiger partial charge is 0.379 e. The Morgan fingerprint density at radius 2 is 2.12 bits per heavy atom. The molecule has 0 aliphatic carbocycles. The van der Waals surface area contributed by atoms with E-state index in [0.29, 0.717) is 28.9 Å². The van der Waals surface area contributed by atoms with Crippen LogP contribution in [0.1, 0.15) is 0 Å². The number of carbonyl (C=O) groups is 1. The predicted molar refractivity (Wildman–Crippen MR) is 67.4 cm³/mol. The lowest BCUT2D eigenvalue weighted by Gasteiger charge is -2.13. The quantitative estimate of drug-likeness (QED) is 0.866. The molecule has 0 radical (unpaired) electrons. The maximum Gasteiger partial charge on any atom is 0.231 e. The van der Waals surface area contributed by atoms with Crippen molar-refractivity contribution in [3.8, 4) is 0 Å². The number of benzene rings is 1. The summed E-state index contributed by atoms with van der Waals surface area (Å²) in [6.45, 7) is 0.772. The van der Waals surface area contributed by atoms with Crippen LogP contribution in [0.15, 0.2) is 18.2 Å². The summed E-state index contributed by atoms with van der Waals surface area (Å²) in [6, 6.07) is 4.67. The maximum absolute atomic E-state index is 11.9.